The Morgan fingerprint density at radius 3 is 2.95 bits per heavy atom. The van der Waals surface area contributed by atoms with Gasteiger partial charge in [-0.3, -0.25) is 9.69 Å². The molecule has 2 rings (SSSR count). The second-order valence-electron chi connectivity index (χ2n) is 5.73. The highest BCUT2D eigenvalue weighted by Crippen LogP contribution is 2.31. The molecule has 1 aromatic carbocycles. The Morgan fingerprint density at radius 2 is 2.26 bits per heavy atom. The van der Waals surface area contributed by atoms with Gasteiger partial charge in [0.05, 0.1) is 5.41 Å². The highest BCUT2D eigenvalue weighted by Gasteiger charge is 2.39. The van der Waals surface area contributed by atoms with Crippen LogP contribution < -0.4 is 11.1 Å². The Bertz CT molecular complexity index is 486. The molecule has 1 aliphatic rings. The van der Waals surface area contributed by atoms with Crippen LogP contribution in [0, 0.1) is 12.3 Å². The molecule has 1 fully saturated rings. The number of anilines is 1. The van der Waals surface area contributed by atoms with Crippen LogP contribution >= 0.6 is 0 Å². The van der Waals surface area contributed by atoms with Gasteiger partial charge in [0.1, 0.15) is 0 Å². The van der Waals surface area contributed by atoms with Gasteiger partial charge in [-0.2, -0.15) is 0 Å². The van der Waals surface area contributed by atoms with Gasteiger partial charge in [-0.05, 0) is 44.0 Å². The van der Waals surface area contributed by atoms with E-state index in [9.17, 15) is 4.79 Å². The molecule has 1 amide bonds. The monoisotopic (exact) mass is 261 g/mol. The summed E-state index contributed by atoms with van der Waals surface area (Å²) < 4.78 is 0. The summed E-state index contributed by atoms with van der Waals surface area (Å²) in [5.41, 5.74) is 8.91. The molecule has 0 aliphatic carbocycles. The van der Waals surface area contributed by atoms with Gasteiger partial charge in [-0.25, -0.2) is 0 Å². The molecule has 19 heavy (non-hydrogen) atoms. The summed E-state index contributed by atoms with van der Waals surface area (Å²) in [6.45, 7) is 6.72. The molecule has 1 aromatic rings. The minimum Gasteiger partial charge on any atom is -0.399 e. The van der Waals surface area contributed by atoms with Crippen molar-refractivity contribution >= 4 is 11.6 Å². The fraction of sp³-hybridized carbons (Fsp3) is 0.533. The molecule has 1 saturated heterocycles. The van der Waals surface area contributed by atoms with Crippen LogP contribution in [0.15, 0.2) is 18.2 Å². The fourth-order valence-electron chi connectivity index (χ4n) is 2.79. The van der Waals surface area contributed by atoms with E-state index in [0.29, 0.717) is 0 Å². The van der Waals surface area contributed by atoms with Crippen LogP contribution in [0.2, 0.25) is 0 Å². The molecule has 0 saturated carbocycles. The fourth-order valence-corrected chi connectivity index (χ4v) is 2.79. The van der Waals surface area contributed by atoms with Crippen LogP contribution in [0.4, 0.5) is 5.69 Å². The number of hydrogen-bond donors (Lipinski definition) is 2. The van der Waals surface area contributed by atoms with Crippen molar-refractivity contribution in [2.24, 2.45) is 5.41 Å². The third-order valence-corrected chi connectivity index (χ3v) is 4.21. The molecule has 1 heterocycles. The molecule has 1 atom stereocenters. The van der Waals surface area contributed by atoms with Crippen molar-refractivity contribution in [3.05, 3.63) is 29.3 Å². The average molecular weight is 261 g/mol. The lowest BCUT2D eigenvalue weighted by molar-refractivity contribution is -0.129. The zero-order chi connectivity index (χ0) is 14.0. The summed E-state index contributed by atoms with van der Waals surface area (Å²) in [6, 6.07) is 6.03. The molecule has 0 bridgehead atoms. The van der Waals surface area contributed by atoms with Crippen molar-refractivity contribution in [3.8, 4) is 0 Å². The van der Waals surface area contributed by atoms with Crippen molar-refractivity contribution in [1.82, 2.24) is 10.2 Å². The molecule has 104 valence electrons. The first kappa shape index (κ1) is 13.9. The third-order valence-electron chi connectivity index (χ3n) is 4.21. The number of nitrogens with zero attached hydrogens (tertiary/aromatic N) is 1. The Morgan fingerprint density at radius 1 is 1.53 bits per heavy atom. The first-order chi connectivity index (χ1) is 8.96. The maximum absolute atomic E-state index is 11.9. The van der Waals surface area contributed by atoms with Gasteiger partial charge in [0, 0.05) is 25.8 Å². The highest BCUT2D eigenvalue weighted by molar-refractivity contribution is 5.82. The van der Waals surface area contributed by atoms with Crippen LogP contribution in [0.1, 0.15) is 24.5 Å². The predicted octanol–water partition coefficient (Wildman–Crippen LogP) is 1.54. The van der Waals surface area contributed by atoms with Crippen molar-refractivity contribution in [2.45, 2.75) is 26.8 Å². The molecule has 4 heteroatoms. The van der Waals surface area contributed by atoms with Crippen molar-refractivity contribution in [1.29, 1.82) is 0 Å². The normalized spacial score (nSPS) is 23.5. The molecule has 0 radical (unpaired) electrons. The SMILES string of the molecule is CNC(=O)C1(C)CCN(Cc2cccc(N)c2C)C1. The maximum Gasteiger partial charge on any atom is 0.227 e. The molecule has 0 aromatic heterocycles. The molecular weight excluding hydrogens is 238 g/mol. The van der Waals surface area contributed by atoms with E-state index in [1.54, 1.807) is 7.05 Å². The highest BCUT2D eigenvalue weighted by atomic mass is 16.2. The number of nitrogen functional groups attached to an aromatic ring is 1. The first-order valence-corrected chi connectivity index (χ1v) is 6.75. The Labute approximate surface area is 115 Å². The smallest absolute Gasteiger partial charge is 0.227 e. The van der Waals surface area contributed by atoms with Gasteiger partial charge in [-0.1, -0.05) is 12.1 Å². The minimum atomic E-state index is -0.261. The van der Waals surface area contributed by atoms with Gasteiger partial charge >= 0.3 is 0 Å². The van der Waals surface area contributed by atoms with E-state index < -0.39 is 0 Å². The van der Waals surface area contributed by atoms with E-state index in [1.807, 2.05) is 19.1 Å². The molecule has 3 N–H and O–H groups in total. The van der Waals surface area contributed by atoms with Gasteiger partial charge < -0.3 is 11.1 Å². The number of likely N-dealkylation sites (tertiary alicyclic amines) is 1. The molecule has 1 unspecified atom stereocenters. The number of hydrogen-bond acceptors (Lipinski definition) is 3. The summed E-state index contributed by atoms with van der Waals surface area (Å²) in [7, 11) is 1.71. The summed E-state index contributed by atoms with van der Waals surface area (Å²) in [6.07, 6.45) is 0.911. The quantitative estimate of drug-likeness (QED) is 0.811. The minimum absolute atomic E-state index is 0.138. The van der Waals surface area contributed by atoms with Crippen LogP contribution in [0.5, 0.6) is 0 Å². The van der Waals surface area contributed by atoms with Crippen LogP contribution in [-0.4, -0.2) is 30.9 Å². The molecular formula is C15H23N3O. The topological polar surface area (TPSA) is 58.4 Å². The van der Waals surface area contributed by atoms with Crippen molar-refractivity contribution in [2.75, 3.05) is 25.9 Å². The second-order valence-corrected chi connectivity index (χ2v) is 5.73. The average Bonchev–Trinajstić information content (AvgIpc) is 2.77. The summed E-state index contributed by atoms with van der Waals surface area (Å²) in [5.74, 6) is 0.138. The summed E-state index contributed by atoms with van der Waals surface area (Å²) in [5, 5.41) is 2.77. The Kier molecular flexibility index (Phi) is 3.80. The number of carbonyl (C=O) groups is 1. The lowest BCUT2D eigenvalue weighted by atomic mass is 9.89. The first-order valence-electron chi connectivity index (χ1n) is 6.75. The maximum atomic E-state index is 11.9. The van der Waals surface area contributed by atoms with E-state index in [-0.39, 0.29) is 11.3 Å². The van der Waals surface area contributed by atoms with Crippen molar-refractivity contribution < 1.29 is 4.79 Å². The lowest BCUT2D eigenvalue weighted by Crippen LogP contribution is -2.39. The van der Waals surface area contributed by atoms with Gasteiger partial charge in [-0.15, -0.1) is 0 Å². The lowest BCUT2D eigenvalue weighted by Gasteiger charge is -2.23. The number of carbonyl (C=O) groups excluding carboxylic acids is 1. The largest absolute Gasteiger partial charge is 0.399 e. The number of nitrogens with one attached hydrogen (secondary N) is 1. The van der Waals surface area contributed by atoms with E-state index in [0.717, 1.165) is 37.3 Å². The van der Waals surface area contributed by atoms with E-state index in [2.05, 4.69) is 23.2 Å². The van der Waals surface area contributed by atoms with Gasteiger partial charge in [0.25, 0.3) is 0 Å². The van der Waals surface area contributed by atoms with Crippen LogP contribution in [0.3, 0.4) is 0 Å². The number of benzene rings is 1. The number of rotatable bonds is 3. The zero-order valence-electron chi connectivity index (χ0n) is 12.0. The molecule has 0 spiro atoms. The summed E-state index contributed by atoms with van der Waals surface area (Å²) >= 11 is 0. The summed E-state index contributed by atoms with van der Waals surface area (Å²) in [4.78, 5) is 14.2. The molecule has 1 aliphatic heterocycles. The molecule has 4 nitrogen and oxygen atoms in total. The van der Waals surface area contributed by atoms with E-state index in [1.165, 1.54) is 5.56 Å². The van der Waals surface area contributed by atoms with Gasteiger partial charge in [0.2, 0.25) is 5.91 Å². The van der Waals surface area contributed by atoms with Gasteiger partial charge in [0.15, 0.2) is 0 Å². The van der Waals surface area contributed by atoms with E-state index >= 15 is 0 Å². The van der Waals surface area contributed by atoms with Crippen molar-refractivity contribution in [3.63, 3.8) is 0 Å². The number of nitrogens with two attached hydrogens (primary N) is 1. The van der Waals surface area contributed by atoms with Crippen LogP contribution in [0.25, 0.3) is 0 Å². The predicted molar refractivity (Wildman–Crippen MR) is 77.7 cm³/mol. The second kappa shape index (κ2) is 5.21. The Hall–Kier alpha value is -1.55. The van der Waals surface area contributed by atoms with Crippen LogP contribution in [-0.2, 0) is 11.3 Å². The number of amides is 1. The standard InChI is InChI=1S/C15H23N3O/c1-11-12(5-4-6-13(11)16)9-18-8-7-15(2,10-18)14(19)17-3/h4-6H,7-10,16H2,1-3H3,(H,17,19). The third kappa shape index (κ3) is 2.73. The van der Waals surface area contributed by atoms with E-state index in [4.69, 9.17) is 5.73 Å². The Balaban J connectivity index is 2.06. The zero-order valence-corrected chi connectivity index (χ0v) is 12.0.